The van der Waals surface area contributed by atoms with E-state index in [2.05, 4.69) is 5.32 Å². The highest BCUT2D eigenvalue weighted by Crippen LogP contribution is 2.22. The molecule has 1 heterocycles. The largest absolute Gasteiger partial charge is 0.380 e. The molecule has 0 radical (unpaired) electrons. The van der Waals surface area contributed by atoms with Crippen LogP contribution >= 0.6 is 22.9 Å². The summed E-state index contributed by atoms with van der Waals surface area (Å²) in [6.07, 6.45) is 0. The SMILES string of the molecule is NS(=O)(=O)c1cccc(NCc2ccc(Cl)s2)c1. The molecular weight excluding hydrogens is 292 g/mol. The molecule has 2 rings (SSSR count). The number of halogens is 1. The zero-order chi connectivity index (χ0) is 13.2. The summed E-state index contributed by atoms with van der Waals surface area (Å²) in [6, 6.07) is 10.1. The lowest BCUT2D eigenvalue weighted by Crippen LogP contribution is -2.12. The van der Waals surface area contributed by atoms with Gasteiger partial charge < -0.3 is 5.32 Å². The average molecular weight is 303 g/mol. The number of hydrogen-bond donors (Lipinski definition) is 2. The number of sulfonamides is 1. The van der Waals surface area contributed by atoms with Crippen LogP contribution in [0.5, 0.6) is 0 Å². The van der Waals surface area contributed by atoms with E-state index in [0.29, 0.717) is 12.2 Å². The van der Waals surface area contributed by atoms with Gasteiger partial charge in [-0.1, -0.05) is 17.7 Å². The fraction of sp³-hybridized carbons (Fsp3) is 0.0909. The molecule has 1 aromatic carbocycles. The first-order chi connectivity index (χ1) is 8.45. The third-order valence-electron chi connectivity index (χ3n) is 2.26. The van der Waals surface area contributed by atoms with Gasteiger partial charge in [-0.2, -0.15) is 0 Å². The van der Waals surface area contributed by atoms with Crippen molar-refractivity contribution in [2.75, 3.05) is 5.32 Å². The monoisotopic (exact) mass is 302 g/mol. The van der Waals surface area contributed by atoms with Crippen molar-refractivity contribution in [1.29, 1.82) is 0 Å². The minimum Gasteiger partial charge on any atom is -0.380 e. The summed E-state index contributed by atoms with van der Waals surface area (Å²) >= 11 is 7.30. The third-order valence-corrected chi connectivity index (χ3v) is 4.40. The predicted molar refractivity (Wildman–Crippen MR) is 74.5 cm³/mol. The maximum atomic E-state index is 11.2. The van der Waals surface area contributed by atoms with Gasteiger partial charge in [0.2, 0.25) is 10.0 Å². The highest BCUT2D eigenvalue weighted by molar-refractivity contribution is 7.89. The Hall–Kier alpha value is -1.08. The van der Waals surface area contributed by atoms with Gasteiger partial charge in [-0.05, 0) is 30.3 Å². The van der Waals surface area contributed by atoms with Gasteiger partial charge >= 0.3 is 0 Å². The molecule has 0 saturated carbocycles. The van der Waals surface area contributed by atoms with Crippen LogP contribution in [0.25, 0.3) is 0 Å². The summed E-state index contributed by atoms with van der Waals surface area (Å²) in [7, 11) is -3.66. The lowest BCUT2D eigenvalue weighted by Gasteiger charge is -2.06. The second-order valence-electron chi connectivity index (χ2n) is 3.63. The second kappa shape index (κ2) is 5.27. The van der Waals surface area contributed by atoms with Crippen molar-refractivity contribution in [2.24, 2.45) is 5.14 Å². The average Bonchev–Trinajstić information content (AvgIpc) is 2.72. The Balaban J connectivity index is 2.11. The van der Waals surface area contributed by atoms with Gasteiger partial charge in [0.1, 0.15) is 0 Å². The van der Waals surface area contributed by atoms with Gasteiger partial charge in [-0.25, -0.2) is 13.6 Å². The highest BCUT2D eigenvalue weighted by Gasteiger charge is 2.07. The number of rotatable bonds is 4. The smallest absolute Gasteiger partial charge is 0.238 e. The van der Waals surface area contributed by atoms with Crippen molar-refractivity contribution in [1.82, 2.24) is 0 Å². The molecule has 0 unspecified atom stereocenters. The van der Waals surface area contributed by atoms with Crippen molar-refractivity contribution in [3.05, 3.63) is 45.6 Å². The fourth-order valence-corrected chi connectivity index (χ4v) is 3.01. The van der Waals surface area contributed by atoms with Crippen LogP contribution in [0, 0.1) is 0 Å². The zero-order valence-corrected chi connectivity index (χ0v) is 11.6. The molecule has 0 aliphatic rings. The molecule has 0 aliphatic heterocycles. The number of benzene rings is 1. The first-order valence-corrected chi connectivity index (χ1v) is 7.80. The number of hydrogen-bond acceptors (Lipinski definition) is 4. The second-order valence-corrected chi connectivity index (χ2v) is 6.99. The Kier molecular flexibility index (Phi) is 3.91. The molecule has 0 atom stereocenters. The molecule has 4 nitrogen and oxygen atoms in total. The van der Waals surface area contributed by atoms with E-state index in [1.165, 1.54) is 23.5 Å². The summed E-state index contributed by atoms with van der Waals surface area (Å²) in [5.41, 5.74) is 0.700. The van der Waals surface area contributed by atoms with Gasteiger partial charge in [0.05, 0.1) is 9.23 Å². The molecule has 0 saturated heterocycles. The van der Waals surface area contributed by atoms with Crippen molar-refractivity contribution >= 4 is 38.6 Å². The highest BCUT2D eigenvalue weighted by atomic mass is 35.5. The Morgan fingerprint density at radius 1 is 1.28 bits per heavy atom. The van der Waals surface area contributed by atoms with Crippen LogP contribution in [0.1, 0.15) is 4.88 Å². The van der Waals surface area contributed by atoms with E-state index in [1.807, 2.05) is 12.1 Å². The summed E-state index contributed by atoms with van der Waals surface area (Å²) in [5, 5.41) is 8.18. The van der Waals surface area contributed by atoms with Crippen LogP contribution in [0.2, 0.25) is 4.34 Å². The molecule has 0 spiro atoms. The van der Waals surface area contributed by atoms with Gasteiger partial charge in [0.25, 0.3) is 0 Å². The Bertz CT molecular complexity index is 653. The molecule has 18 heavy (non-hydrogen) atoms. The molecular formula is C11H11ClN2O2S2. The lowest BCUT2D eigenvalue weighted by atomic mass is 10.3. The van der Waals surface area contributed by atoms with Crippen LogP contribution in [0.3, 0.4) is 0 Å². The molecule has 2 aromatic rings. The lowest BCUT2D eigenvalue weighted by molar-refractivity contribution is 0.598. The number of nitrogens with one attached hydrogen (secondary N) is 1. The van der Waals surface area contributed by atoms with E-state index in [1.54, 1.807) is 12.1 Å². The minimum absolute atomic E-state index is 0.0942. The van der Waals surface area contributed by atoms with E-state index in [9.17, 15) is 8.42 Å². The molecule has 0 fully saturated rings. The molecule has 1 aromatic heterocycles. The van der Waals surface area contributed by atoms with Crippen LogP contribution in [-0.2, 0) is 16.6 Å². The van der Waals surface area contributed by atoms with Crippen LogP contribution < -0.4 is 10.5 Å². The first kappa shape index (κ1) is 13.4. The maximum Gasteiger partial charge on any atom is 0.238 e. The summed E-state index contributed by atoms with van der Waals surface area (Å²) in [6.45, 7) is 0.589. The quantitative estimate of drug-likeness (QED) is 0.912. The van der Waals surface area contributed by atoms with E-state index in [4.69, 9.17) is 16.7 Å². The van der Waals surface area contributed by atoms with Crippen molar-refractivity contribution in [2.45, 2.75) is 11.4 Å². The maximum absolute atomic E-state index is 11.2. The summed E-state index contributed by atoms with van der Waals surface area (Å²) in [5.74, 6) is 0. The van der Waals surface area contributed by atoms with Crippen molar-refractivity contribution < 1.29 is 8.42 Å². The van der Waals surface area contributed by atoms with Gasteiger partial charge in [-0.15, -0.1) is 11.3 Å². The first-order valence-electron chi connectivity index (χ1n) is 5.06. The number of nitrogens with two attached hydrogens (primary N) is 1. The Morgan fingerprint density at radius 3 is 2.67 bits per heavy atom. The van der Waals surface area contributed by atoms with E-state index in [-0.39, 0.29) is 4.90 Å². The normalized spacial score (nSPS) is 11.4. The van der Waals surface area contributed by atoms with E-state index < -0.39 is 10.0 Å². The summed E-state index contributed by atoms with van der Waals surface area (Å²) < 4.78 is 23.1. The van der Waals surface area contributed by atoms with Gasteiger partial charge in [0.15, 0.2) is 0 Å². The van der Waals surface area contributed by atoms with E-state index in [0.717, 1.165) is 9.21 Å². The van der Waals surface area contributed by atoms with Crippen LogP contribution in [-0.4, -0.2) is 8.42 Å². The standard InChI is InChI=1S/C11H11ClN2O2S2/c12-11-5-4-9(17-11)7-14-8-2-1-3-10(6-8)18(13,15)16/h1-6,14H,7H2,(H2,13,15,16). The van der Waals surface area contributed by atoms with Crippen LogP contribution in [0.15, 0.2) is 41.3 Å². The molecule has 7 heteroatoms. The molecule has 0 aliphatic carbocycles. The Labute approximate surface area is 114 Å². The van der Waals surface area contributed by atoms with Crippen molar-refractivity contribution in [3.8, 4) is 0 Å². The van der Waals surface area contributed by atoms with E-state index >= 15 is 0 Å². The topological polar surface area (TPSA) is 72.2 Å². The zero-order valence-electron chi connectivity index (χ0n) is 9.26. The third kappa shape index (κ3) is 3.46. The number of thiophene rings is 1. The number of anilines is 1. The minimum atomic E-state index is -3.66. The fourth-order valence-electron chi connectivity index (χ4n) is 1.42. The van der Waals surface area contributed by atoms with Crippen molar-refractivity contribution in [3.63, 3.8) is 0 Å². The number of primary sulfonamides is 1. The summed E-state index contributed by atoms with van der Waals surface area (Å²) in [4.78, 5) is 1.16. The van der Waals surface area contributed by atoms with Crippen LogP contribution in [0.4, 0.5) is 5.69 Å². The molecule has 0 bridgehead atoms. The molecule has 0 amide bonds. The molecule has 96 valence electrons. The van der Waals surface area contributed by atoms with Gasteiger partial charge in [0, 0.05) is 17.1 Å². The van der Waals surface area contributed by atoms with Gasteiger partial charge in [-0.3, -0.25) is 0 Å². The Morgan fingerprint density at radius 2 is 2.06 bits per heavy atom. The predicted octanol–water partition coefficient (Wildman–Crippen LogP) is 2.66. The molecule has 3 N–H and O–H groups in total.